The molecule has 4 heteroatoms. The molecule has 2 bridgehead atoms. The molecule has 2 atom stereocenters. The molecule has 0 aromatic heterocycles. The summed E-state index contributed by atoms with van der Waals surface area (Å²) in [6.45, 7) is 4.89. The average Bonchev–Trinajstić information content (AvgIpc) is 2.54. The smallest absolute Gasteiger partial charge is 0.251 e. The minimum Gasteiger partial charge on any atom is -0.493 e. The molecule has 1 amide bonds. The van der Waals surface area contributed by atoms with Crippen LogP contribution in [-0.2, 0) is 0 Å². The van der Waals surface area contributed by atoms with Crippen LogP contribution in [0.3, 0.4) is 0 Å². The van der Waals surface area contributed by atoms with Crippen molar-refractivity contribution in [3.8, 4) is 5.75 Å². The van der Waals surface area contributed by atoms with Crippen LogP contribution >= 0.6 is 0 Å². The van der Waals surface area contributed by atoms with Crippen LogP contribution in [0.25, 0.3) is 0 Å². The molecule has 2 unspecified atom stereocenters. The number of carbonyl (C=O) groups excluding carboxylic acids is 1. The molecule has 2 aliphatic carbocycles. The minimum atomic E-state index is 0.0161. The van der Waals surface area contributed by atoms with Crippen LogP contribution < -0.4 is 15.8 Å². The normalized spacial score (nSPS) is 29.3. The van der Waals surface area contributed by atoms with Crippen LogP contribution in [0.2, 0.25) is 0 Å². The number of hydrogen-bond acceptors (Lipinski definition) is 3. The fourth-order valence-corrected chi connectivity index (χ4v) is 4.25. The van der Waals surface area contributed by atoms with Crippen molar-refractivity contribution in [3.05, 3.63) is 29.8 Å². The second-order valence-electron chi connectivity index (χ2n) is 7.91. The van der Waals surface area contributed by atoms with Gasteiger partial charge in [-0.05, 0) is 61.6 Å². The van der Waals surface area contributed by atoms with Crippen LogP contribution in [0.1, 0.15) is 56.3 Å². The van der Waals surface area contributed by atoms with E-state index in [2.05, 4.69) is 19.2 Å². The SMILES string of the molecule is CC(C)COc1cccc(C(=O)NC2C3CCCC2CC(N)C3)c1. The van der Waals surface area contributed by atoms with E-state index in [0.717, 1.165) is 18.6 Å². The van der Waals surface area contributed by atoms with Crippen LogP contribution in [-0.4, -0.2) is 24.6 Å². The summed E-state index contributed by atoms with van der Waals surface area (Å²) in [6.07, 6.45) is 5.73. The Labute approximate surface area is 145 Å². The van der Waals surface area contributed by atoms with E-state index in [1.807, 2.05) is 24.3 Å². The predicted molar refractivity (Wildman–Crippen MR) is 96.1 cm³/mol. The molecule has 1 aromatic carbocycles. The summed E-state index contributed by atoms with van der Waals surface area (Å²) < 4.78 is 5.74. The molecule has 3 rings (SSSR count). The maximum atomic E-state index is 12.7. The highest BCUT2D eigenvalue weighted by molar-refractivity contribution is 5.94. The topological polar surface area (TPSA) is 64.3 Å². The molecule has 0 spiro atoms. The molecule has 2 fully saturated rings. The summed E-state index contributed by atoms with van der Waals surface area (Å²) in [7, 11) is 0. The number of rotatable bonds is 5. The summed E-state index contributed by atoms with van der Waals surface area (Å²) in [5, 5.41) is 3.30. The molecule has 2 saturated carbocycles. The summed E-state index contributed by atoms with van der Waals surface area (Å²) in [4.78, 5) is 12.7. The summed E-state index contributed by atoms with van der Waals surface area (Å²) in [6, 6.07) is 8.10. The van der Waals surface area contributed by atoms with Crippen LogP contribution in [0.5, 0.6) is 5.75 Å². The number of fused-ring (bicyclic) bond motifs is 2. The van der Waals surface area contributed by atoms with Gasteiger partial charge in [-0.25, -0.2) is 0 Å². The Morgan fingerprint density at radius 2 is 2.00 bits per heavy atom. The van der Waals surface area contributed by atoms with Crippen molar-refractivity contribution >= 4 is 5.91 Å². The zero-order valence-corrected chi connectivity index (χ0v) is 14.8. The number of benzene rings is 1. The van der Waals surface area contributed by atoms with E-state index in [0.29, 0.717) is 36.0 Å². The molecule has 0 radical (unpaired) electrons. The van der Waals surface area contributed by atoms with Crippen molar-refractivity contribution in [3.63, 3.8) is 0 Å². The molecule has 4 nitrogen and oxygen atoms in total. The Kier molecular flexibility index (Phi) is 5.44. The molecule has 24 heavy (non-hydrogen) atoms. The Morgan fingerprint density at radius 1 is 1.29 bits per heavy atom. The Hall–Kier alpha value is -1.55. The highest BCUT2D eigenvalue weighted by Crippen LogP contribution is 2.39. The van der Waals surface area contributed by atoms with Gasteiger partial charge in [0, 0.05) is 17.6 Å². The minimum absolute atomic E-state index is 0.0161. The average molecular weight is 330 g/mol. The lowest BCUT2D eigenvalue weighted by Crippen LogP contribution is -2.53. The molecular formula is C20H30N2O2. The van der Waals surface area contributed by atoms with E-state index in [-0.39, 0.29) is 11.9 Å². The van der Waals surface area contributed by atoms with Gasteiger partial charge in [-0.3, -0.25) is 4.79 Å². The van der Waals surface area contributed by atoms with Gasteiger partial charge < -0.3 is 15.8 Å². The summed E-state index contributed by atoms with van der Waals surface area (Å²) >= 11 is 0. The van der Waals surface area contributed by atoms with Crippen molar-refractivity contribution < 1.29 is 9.53 Å². The zero-order valence-electron chi connectivity index (χ0n) is 14.8. The highest BCUT2D eigenvalue weighted by atomic mass is 16.5. The standard InChI is InChI=1S/C20H30N2O2/c1-13(2)12-24-18-8-4-7-16(11-18)20(23)22-19-14-5-3-6-15(19)10-17(21)9-14/h4,7-8,11,13-15,17,19H,3,5-6,9-10,12,21H2,1-2H3,(H,22,23). The van der Waals surface area contributed by atoms with Crippen LogP contribution in [0.15, 0.2) is 24.3 Å². The summed E-state index contributed by atoms with van der Waals surface area (Å²) in [5.74, 6) is 2.33. The van der Waals surface area contributed by atoms with Crippen LogP contribution in [0.4, 0.5) is 0 Å². The lowest BCUT2D eigenvalue weighted by molar-refractivity contribution is 0.0755. The van der Waals surface area contributed by atoms with Crippen molar-refractivity contribution in [2.45, 2.75) is 58.0 Å². The fourth-order valence-electron chi connectivity index (χ4n) is 4.25. The van der Waals surface area contributed by atoms with Gasteiger partial charge in [-0.15, -0.1) is 0 Å². The van der Waals surface area contributed by atoms with Gasteiger partial charge in [0.25, 0.3) is 5.91 Å². The number of nitrogens with one attached hydrogen (secondary N) is 1. The van der Waals surface area contributed by atoms with Crippen molar-refractivity contribution in [1.82, 2.24) is 5.32 Å². The number of carbonyl (C=O) groups is 1. The monoisotopic (exact) mass is 330 g/mol. The number of amides is 1. The van der Waals surface area contributed by atoms with E-state index >= 15 is 0 Å². The molecule has 2 aliphatic rings. The fraction of sp³-hybridized carbons (Fsp3) is 0.650. The largest absolute Gasteiger partial charge is 0.493 e. The molecular weight excluding hydrogens is 300 g/mol. The zero-order chi connectivity index (χ0) is 17.1. The van der Waals surface area contributed by atoms with Gasteiger partial charge in [-0.2, -0.15) is 0 Å². The third-order valence-corrected chi connectivity index (χ3v) is 5.35. The molecule has 0 saturated heterocycles. The first kappa shape index (κ1) is 17.3. The van der Waals surface area contributed by atoms with E-state index < -0.39 is 0 Å². The summed E-state index contributed by atoms with van der Waals surface area (Å²) in [5.41, 5.74) is 6.86. The lowest BCUT2D eigenvalue weighted by Gasteiger charge is -2.45. The first-order valence-corrected chi connectivity index (χ1v) is 9.32. The van der Waals surface area contributed by atoms with Crippen LogP contribution in [0, 0.1) is 17.8 Å². The van der Waals surface area contributed by atoms with Gasteiger partial charge in [-0.1, -0.05) is 26.3 Å². The second-order valence-corrected chi connectivity index (χ2v) is 7.91. The van der Waals surface area contributed by atoms with E-state index in [1.165, 1.54) is 19.3 Å². The predicted octanol–water partition coefficient (Wildman–Crippen LogP) is 3.36. The van der Waals surface area contributed by atoms with Gasteiger partial charge in [0.2, 0.25) is 0 Å². The third kappa shape index (κ3) is 4.10. The van der Waals surface area contributed by atoms with E-state index in [4.69, 9.17) is 10.5 Å². The first-order chi connectivity index (χ1) is 11.5. The van der Waals surface area contributed by atoms with Gasteiger partial charge >= 0.3 is 0 Å². The van der Waals surface area contributed by atoms with Crippen molar-refractivity contribution in [2.75, 3.05) is 6.61 Å². The maximum Gasteiger partial charge on any atom is 0.251 e. The van der Waals surface area contributed by atoms with Gasteiger partial charge in [0.15, 0.2) is 0 Å². The van der Waals surface area contributed by atoms with Crippen molar-refractivity contribution in [2.24, 2.45) is 23.5 Å². The molecule has 1 aromatic rings. The van der Waals surface area contributed by atoms with Gasteiger partial charge in [0.05, 0.1) is 6.61 Å². The molecule has 132 valence electrons. The highest BCUT2D eigenvalue weighted by Gasteiger charge is 2.39. The second kappa shape index (κ2) is 7.56. The number of ether oxygens (including phenoxy) is 1. The Balaban J connectivity index is 1.65. The van der Waals surface area contributed by atoms with Crippen molar-refractivity contribution in [1.29, 1.82) is 0 Å². The Bertz CT molecular complexity index is 559. The van der Waals surface area contributed by atoms with E-state index in [1.54, 1.807) is 0 Å². The maximum absolute atomic E-state index is 12.7. The third-order valence-electron chi connectivity index (χ3n) is 5.35. The van der Waals surface area contributed by atoms with E-state index in [9.17, 15) is 4.79 Å². The Morgan fingerprint density at radius 3 is 2.67 bits per heavy atom. The number of hydrogen-bond donors (Lipinski definition) is 2. The van der Waals surface area contributed by atoms with Gasteiger partial charge in [0.1, 0.15) is 5.75 Å². The molecule has 0 heterocycles. The quantitative estimate of drug-likeness (QED) is 0.870. The molecule has 0 aliphatic heterocycles. The first-order valence-electron chi connectivity index (χ1n) is 9.32. The molecule has 3 N–H and O–H groups in total. The lowest BCUT2D eigenvalue weighted by atomic mass is 9.67. The number of nitrogens with two attached hydrogens (primary N) is 1.